The maximum absolute atomic E-state index is 12.3. The van der Waals surface area contributed by atoms with Crippen molar-refractivity contribution >= 4 is 17.7 Å². The molecule has 0 aromatic heterocycles. The number of carbonyl (C=O) groups is 1. The van der Waals surface area contributed by atoms with E-state index >= 15 is 0 Å². The molecule has 1 unspecified atom stereocenters. The van der Waals surface area contributed by atoms with Crippen LogP contribution in [0, 0.1) is 0 Å². The van der Waals surface area contributed by atoms with Crippen LogP contribution in [0.3, 0.4) is 0 Å². The van der Waals surface area contributed by atoms with Crippen LogP contribution in [0.4, 0.5) is 0 Å². The highest BCUT2D eigenvalue weighted by Gasteiger charge is 2.30. The summed E-state index contributed by atoms with van der Waals surface area (Å²) < 4.78 is 0. The second-order valence-electron chi connectivity index (χ2n) is 5.09. The van der Waals surface area contributed by atoms with Gasteiger partial charge in [-0.3, -0.25) is 4.79 Å². The molecule has 1 amide bonds. The van der Waals surface area contributed by atoms with Crippen molar-refractivity contribution in [3.8, 4) is 0 Å². The number of aryl methyl sites for hydroxylation is 1. The van der Waals surface area contributed by atoms with Crippen molar-refractivity contribution in [2.24, 2.45) is 5.73 Å². The van der Waals surface area contributed by atoms with Crippen LogP contribution in [0.15, 0.2) is 24.3 Å². The van der Waals surface area contributed by atoms with E-state index in [2.05, 4.69) is 18.2 Å². The quantitative estimate of drug-likeness (QED) is 0.898. The molecule has 4 heteroatoms. The summed E-state index contributed by atoms with van der Waals surface area (Å²) in [5, 5.41) is 0. The van der Waals surface area contributed by atoms with Gasteiger partial charge < -0.3 is 10.6 Å². The van der Waals surface area contributed by atoms with Crippen LogP contribution >= 0.6 is 11.8 Å². The molecule has 1 aromatic rings. The molecule has 2 N–H and O–H groups in total. The van der Waals surface area contributed by atoms with Crippen LogP contribution in [0.5, 0.6) is 0 Å². The molecule has 0 saturated heterocycles. The fourth-order valence-corrected chi connectivity index (χ4v) is 3.21. The van der Waals surface area contributed by atoms with E-state index < -0.39 is 0 Å². The minimum atomic E-state index is -0.370. The van der Waals surface area contributed by atoms with Crippen LogP contribution in [0.2, 0.25) is 0 Å². The van der Waals surface area contributed by atoms with Crippen molar-refractivity contribution in [3.63, 3.8) is 0 Å². The molecule has 2 rings (SSSR count). The van der Waals surface area contributed by atoms with Crippen molar-refractivity contribution in [2.45, 2.75) is 31.3 Å². The highest BCUT2D eigenvalue weighted by molar-refractivity contribution is 7.98. The van der Waals surface area contributed by atoms with Crippen LogP contribution in [-0.4, -0.2) is 35.9 Å². The SMILES string of the molecule is CSCC[C@@H](N)C(=O)N(C)C1CCc2ccccc21. The van der Waals surface area contributed by atoms with Gasteiger partial charge in [0.1, 0.15) is 0 Å². The number of hydrogen-bond acceptors (Lipinski definition) is 3. The second-order valence-corrected chi connectivity index (χ2v) is 6.08. The predicted molar refractivity (Wildman–Crippen MR) is 81.2 cm³/mol. The normalized spacial score (nSPS) is 19.0. The van der Waals surface area contributed by atoms with Gasteiger partial charge in [-0.2, -0.15) is 11.8 Å². The molecule has 0 aliphatic heterocycles. The number of amides is 1. The van der Waals surface area contributed by atoms with Crippen LogP contribution in [0.1, 0.15) is 30.0 Å². The zero-order valence-electron chi connectivity index (χ0n) is 11.6. The minimum Gasteiger partial charge on any atom is -0.337 e. The predicted octanol–water partition coefficient (Wildman–Crippen LogP) is 2.21. The Morgan fingerprint density at radius 1 is 1.53 bits per heavy atom. The Morgan fingerprint density at radius 3 is 3.00 bits per heavy atom. The smallest absolute Gasteiger partial charge is 0.239 e. The Balaban J connectivity index is 2.05. The lowest BCUT2D eigenvalue weighted by atomic mass is 10.1. The fraction of sp³-hybridized carbons (Fsp3) is 0.533. The molecule has 1 aliphatic carbocycles. The monoisotopic (exact) mass is 278 g/mol. The van der Waals surface area contributed by atoms with E-state index in [0.29, 0.717) is 0 Å². The summed E-state index contributed by atoms with van der Waals surface area (Å²) in [5.74, 6) is 0.998. The number of rotatable bonds is 5. The largest absolute Gasteiger partial charge is 0.337 e. The maximum atomic E-state index is 12.3. The van der Waals surface area contributed by atoms with E-state index in [4.69, 9.17) is 5.73 Å². The molecule has 0 fully saturated rings. The molecule has 0 heterocycles. The Hall–Kier alpha value is -1.00. The molecule has 104 valence electrons. The van der Waals surface area contributed by atoms with E-state index in [1.165, 1.54) is 11.1 Å². The van der Waals surface area contributed by atoms with Gasteiger partial charge >= 0.3 is 0 Å². The molecule has 2 atom stereocenters. The number of fused-ring (bicyclic) bond motifs is 1. The van der Waals surface area contributed by atoms with Gasteiger partial charge in [0.15, 0.2) is 0 Å². The van der Waals surface area contributed by atoms with Crippen molar-refractivity contribution < 1.29 is 4.79 Å². The third-order valence-electron chi connectivity index (χ3n) is 3.87. The first-order chi connectivity index (χ1) is 9.15. The molecule has 1 aliphatic rings. The summed E-state index contributed by atoms with van der Waals surface area (Å²) in [6, 6.07) is 8.22. The highest BCUT2D eigenvalue weighted by Crippen LogP contribution is 2.35. The van der Waals surface area contributed by atoms with Crippen LogP contribution in [-0.2, 0) is 11.2 Å². The van der Waals surface area contributed by atoms with Crippen molar-refractivity contribution in [1.82, 2.24) is 4.90 Å². The zero-order valence-corrected chi connectivity index (χ0v) is 12.5. The van der Waals surface area contributed by atoms with Crippen molar-refractivity contribution in [3.05, 3.63) is 35.4 Å². The van der Waals surface area contributed by atoms with Crippen LogP contribution < -0.4 is 5.73 Å². The third kappa shape index (κ3) is 3.12. The van der Waals surface area contributed by atoms with Crippen LogP contribution in [0.25, 0.3) is 0 Å². The Labute approximate surface area is 119 Å². The number of nitrogens with two attached hydrogens (primary N) is 1. The number of thioether (sulfide) groups is 1. The molecular formula is C15H22N2OS. The van der Waals surface area contributed by atoms with E-state index in [1.54, 1.807) is 11.8 Å². The fourth-order valence-electron chi connectivity index (χ4n) is 2.72. The number of benzene rings is 1. The summed E-state index contributed by atoms with van der Waals surface area (Å²) >= 11 is 1.73. The van der Waals surface area contributed by atoms with Crippen molar-refractivity contribution in [1.29, 1.82) is 0 Å². The first-order valence-electron chi connectivity index (χ1n) is 6.74. The standard InChI is InChI=1S/C15H22N2OS/c1-17(15(18)13(16)9-10-19-2)14-8-7-11-5-3-4-6-12(11)14/h3-6,13-14H,7-10,16H2,1-2H3/t13-,14?/m1/s1. The highest BCUT2D eigenvalue weighted by atomic mass is 32.2. The van der Waals surface area contributed by atoms with E-state index in [9.17, 15) is 4.79 Å². The molecule has 1 aromatic carbocycles. The summed E-state index contributed by atoms with van der Waals surface area (Å²) in [5.41, 5.74) is 8.64. The number of likely N-dealkylation sites (N-methyl/N-ethyl adjacent to an activating group) is 1. The van der Waals surface area contributed by atoms with Gasteiger partial charge in [-0.05, 0) is 42.4 Å². The lowest BCUT2D eigenvalue weighted by Crippen LogP contribution is -2.43. The molecule has 0 saturated carbocycles. The average molecular weight is 278 g/mol. The van der Waals surface area contributed by atoms with Gasteiger partial charge in [-0.15, -0.1) is 0 Å². The average Bonchev–Trinajstić information content (AvgIpc) is 2.87. The van der Waals surface area contributed by atoms with Gasteiger partial charge in [-0.25, -0.2) is 0 Å². The van der Waals surface area contributed by atoms with E-state index in [0.717, 1.165) is 25.0 Å². The molecule has 0 spiro atoms. The van der Waals surface area contributed by atoms with Gasteiger partial charge in [0.2, 0.25) is 5.91 Å². The molecule has 0 bridgehead atoms. The molecule has 3 nitrogen and oxygen atoms in total. The number of carbonyl (C=O) groups excluding carboxylic acids is 1. The van der Waals surface area contributed by atoms with Gasteiger partial charge in [0, 0.05) is 7.05 Å². The Kier molecular flexibility index (Phi) is 4.88. The third-order valence-corrected chi connectivity index (χ3v) is 4.51. The number of hydrogen-bond donors (Lipinski definition) is 1. The first-order valence-corrected chi connectivity index (χ1v) is 8.13. The summed E-state index contributed by atoms with van der Waals surface area (Å²) in [6.45, 7) is 0. The van der Waals surface area contributed by atoms with Gasteiger partial charge in [-0.1, -0.05) is 24.3 Å². The van der Waals surface area contributed by atoms with Gasteiger partial charge in [0.05, 0.1) is 12.1 Å². The Bertz CT molecular complexity index is 450. The summed E-state index contributed by atoms with van der Waals surface area (Å²) in [7, 11) is 1.88. The topological polar surface area (TPSA) is 46.3 Å². The second kappa shape index (κ2) is 6.44. The minimum absolute atomic E-state index is 0.0655. The first kappa shape index (κ1) is 14.4. The molecule has 19 heavy (non-hydrogen) atoms. The lowest BCUT2D eigenvalue weighted by Gasteiger charge is -2.28. The summed E-state index contributed by atoms with van der Waals surface area (Å²) in [6.07, 6.45) is 4.85. The van der Waals surface area contributed by atoms with E-state index in [1.807, 2.05) is 24.3 Å². The Morgan fingerprint density at radius 2 is 2.26 bits per heavy atom. The molecule has 0 radical (unpaired) electrons. The zero-order chi connectivity index (χ0) is 13.8. The van der Waals surface area contributed by atoms with E-state index in [-0.39, 0.29) is 18.0 Å². The molecular weight excluding hydrogens is 256 g/mol. The lowest BCUT2D eigenvalue weighted by molar-refractivity contribution is -0.133. The number of nitrogens with zero attached hydrogens (tertiary/aromatic N) is 1. The van der Waals surface area contributed by atoms with Gasteiger partial charge in [0.25, 0.3) is 0 Å². The van der Waals surface area contributed by atoms with Crippen molar-refractivity contribution in [2.75, 3.05) is 19.1 Å². The maximum Gasteiger partial charge on any atom is 0.239 e. The summed E-state index contributed by atoms with van der Waals surface area (Å²) in [4.78, 5) is 14.2.